The number of hydrogen-bond acceptors (Lipinski definition) is 3. The van der Waals surface area contributed by atoms with E-state index in [1.165, 1.54) is 49.6 Å². The number of benzene rings is 1. The third kappa shape index (κ3) is 3.86. The number of rotatable bonds is 4. The molecule has 1 aromatic carbocycles. The Labute approximate surface area is 195 Å². The minimum atomic E-state index is -4.53. The summed E-state index contributed by atoms with van der Waals surface area (Å²) in [6.45, 7) is 0.561. The van der Waals surface area contributed by atoms with Crippen LogP contribution in [0.1, 0.15) is 73.1 Å². The zero-order valence-corrected chi connectivity index (χ0v) is 18.7. The van der Waals surface area contributed by atoms with Gasteiger partial charge in [0.05, 0.1) is 6.04 Å². The summed E-state index contributed by atoms with van der Waals surface area (Å²) in [4.78, 5) is 13.0. The Hall–Kier alpha value is -2.58. The lowest BCUT2D eigenvalue weighted by Crippen LogP contribution is -2.51. The fraction of sp³-hybridized carbons (Fsp3) is 0.600. The van der Waals surface area contributed by atoms with E-state index in [2.05, 4.69) is 15.7 Å². The molecule has 0 unspecified atom stereocenters. The van der Waals surface area contributed by atoms with Gasteiger partial charge in [0.15, 0.2) is 11.7 Å². The first kappa shape index (κ1) is 21.9. The third-order valence-corrected chi connectivity index (χ3v) is 8.48. The summed E-state index contributed by atoms with van der Waals surface area (Å²) in [7, 11) is 0. The number of nitrogens with zero attached hydrogens (tertiary/aromatic N) is 2. The second-order valence-corrected chi connectivity index (χ2v) is 11.0. The van der Waals surface area contributed by atoms with Crippen LogP contribution < -0.4 is 10.6 Å². The molecule has 1 aliphatic heterocycles. The van der Waals surface area contributed by atoms with Crippen molar-refractivity contribution in [1.82, 2.24) is 15.1 Å². The molecule has 0 radical (unpaired) electrons. The minimum absolute atomic E-state index is 0.0127. The van der Waals surface area contributed by atoms with Crippen molar-refractivity contribution in [3.63, 3.8) is 0 Å². The van der Waals surface area contributed by atoms with Gasteiger partial charge in [-0.3, -0.25) is 4.79 Å². The van der Waals surface area contributed by atoms with Gasteiger partial charge in [0.2, 0.25) is 0 Å². The maximum absolute atomic E-state index is 13.9. The van der Waals surface area contributed by atoms with Crippen LogP contribution in [-0.2, 0) is 0 Å². The van der Waals surface area contributed by atoms with Crippen LogP contribution in [-0.4, -0.2) is 28.4 Å². The Morgan fingerprint density at radius 2 is 1.68 bits per heavy atom. The molecular weight excluding hydrogens is 448 g/mol. The van der Waals surface area contributed by atoms with Gasteiger partial charge in [-0.05, 0) is 79.4 Å². The smallest absolute Gasteiger partial charge is 0.363 e. The molecule has 7 rings (SSSR count). The monoisotopic (exact) mass is 476 g/mol. The highest BCUT2D eigenvalue weighted by Crippen LogP contribution is 2.59. The number of carbonyl (C=O) groups excluding carboxylic acids is 1. The first-order valence-electron chi connectivity index (χ1n) is 12.1. The second kappa shape index (κ2) is 7.71. The molecule has 1 aromatic heterocycles. The minimum Gasteiger partial charge on any atom is -0.363 e. The number of nitrogens with one attached hydrogen (secondary N) is 2. The number of alkyl halides is 3. The molecule has 2 aromatic rings. The zero-order chi connectivity index (χ0) is 23.7. The van der Waals surface area contributed by atoms with Gasteiger partial charge in [-0.15, -0.1) is 0 Å². The molecule has 1 amide bonds. The third-order valence-electron chi connectivity index (χ3n) is 8.48. The fourth-order valence-corrected chi connectivity index (χ4v) is 7.46. The Balaban J connectivity index is 1.21. The van der Waals surface area contributed by atoms with E-state index in [0.29, 0.717) is 12.1 Å². The van der Waals surface area contributed by atoms with Crippen LogP contribution in [0.15, 0.2) is 30.3 Å². The van der Waals surface area contributed by atoms with Gasteiger partial charge < -0.3 is 10.6 Å². The van der Waals surface area contributed by atoms with E-state index in [1.54, 1.807) is 0 Å². The number of anilines is 1. The largest absolute Gasteiger partial charge is 0.410 e. The SMILES string of the molecule is O=C(NCC12CC3CC(CC(C3)C1)C2)c1cc2n(n1)[C@@H](C(F)(F)F)C[C@H](c1ccc(F)cc1)N2. The van der Waals surface area contributed by atoms with Crippen LogP contribution in [0.4, 0.5) is 23.4 Å². The summed E-state index contributed by atoms with van der Waals surface area (Å²) < 4.78 is 55.9. The molecule has 0 spiro atoms. The average Bonchev–Trinajstić information content (AvgIpc) is 3.20. The first-order chi connectivity index (χ1) is 16.2. The number of halogens is 4. The molecule has 5 aliphatic rings. The lowest BCUT2D eigenvalue weighted by molar-refractivity contribution is -0.173. The van der Waals surface area contributed by atoms with Crippen molar-refractivity contribution in [1.29, 1.82) is 0 Å². The van der Waals surface area contributed by atoms with Gasteiger partial charge in [0.1, 0.15) is 11.6 Å². The van der Waals surface area contributed by atoms with Crippen LogP contribution in [0, 0.1) is 29.0 Å². The number of amides is 1. The molecule has 4 aliphatic carbocycles. The summed E-state index contributed by atoms with van der Waals surface area (Å²) >= 11 is 0. The summed E-state index contributed by atoms with van der Waals surface area (Å²) in [6.07, 6.45) is 2.50. The molecule has 2 heterocycles. The molecule has 2 atom stereocenters. The van der Waals surface area contributed by atoms with Crippen molar-refractivity contribution in [3.8, 4) is 0 Å². The van der Waals surface area contributed by atoms with E-state index in [4.69, 9.17) is 0 Å². The molecule has 34 heavy (non-hydrogen) atoms. The molecule has 9 heteroatoms. The highest BCUT2D eigenvalue weighted by atomic mass is 19.4. The van der Waals surface area contributed by atoms with E-state index in [-0.39, 0.29) is 23.3 Å². The maximum atomic E-state index is 13.9. The summed E-state index contributed by atoms with van der Waals surface area (Å²) in [5.74, 6) is 1.52. The quantitative estimate of drug-likeness (QED) is 0.563. The zero-order valence-electron chi connectivity index (χ0n) is 18.7. The van der Waals surface area contributed by atoms with Gasteiger partial charge in [-0.25, -0.2) is 9.07 Å². The number of aromatic nitrogens is 2. The van der Waals surface area contributed by atoms with E-state index in [1.807, 2.05) is 0 Å². The van der Waals surface area contributed by atoms with Crippen molar-refractivity contribution >= 4 is 11.7 Å². The van der Waals surface area contributed by atoms with E-state index in [9.17, 15) is 22.4 Å². The molecule has 2 N–H and O–H groups in total. The van der Waals surface area contributed by atoms with Crippen molar-refractivity contribution in [2.24, 2.45) is 23.2 Å². The molecule has 4 fully saturated rings. The maximum Gasteiger partial charge on any atom is 0.410 e. The fourth-order valence-electron chi connectivity index (χ4n) is 7.46. The second-order valence-electron chi connectivity index (χ2n) is 11.0. The van der Waals surface area contributed by atoms with Gasteiger partial charge in [0, 0.05) is 19.0 Å². The summed E-state index contributed by atoms with van der Waals surface area (Å²) in [6, 6.07) is 4.27. The van der Waals surface area contributed by atoms with Gasteiger partial charge in [-0.2, -0.15) is 18.3 Å². The normalized spacial score (nSPS) is 33.9. The summed E-state index contributed by atoms with van der Waals surface area (Å²) in [5, 5.41) is 10.1. The number of hydrogen-bond donors (Lipinski definition) is 2. The standard InChI is InChI=1S/C25H28F4N4O/c26-18-3-1-17(2-4-18)19-8-21(25(27,28)29)33-22(31-19)9-20(32-33)23(34)30-13-24-10-14-5-15(11-24)7-16(6-14)12-24/h1-4,9,14-16,19,21,31H,5-8,10-13H2,(H,30,34)/t14?,15?,16?,19-,21-,24?/m1/s1. The van der Waals surface area contributed by atoms with Crippen LogP contribution in [0.3, 0.4) is 0 Å². The highest BCUT2D eigenvalue weighted by molar-refractivity contribution is 5.93. The van der Waals surface area contributed by atoms with Crippen LogP contribution in [0.5, 0.6) is 0 Å². The van der Waals surface area contributed by atoms with E-state index in [0.717, 1.165) is 41.7 Å². The summed E-state index contributed by atoms with van der Waals surface area (Å²) in [5.41, 5.74) is 0.668. The van der Waals surface area contributed by atoms with Crippen molar-refractivity contribution in [2.75, 3.05) is 11.9 Å². The number of carbonyl (C=O) groups is 1. The predicted octanol–water partition coefficient (Wildman–Crippen LogP) is 5.63. The average molecular weight is 477 g/mol. The predicted molar refractivity (Wildman–Crippen MR) is 118 cm³/mol. The molecule has 4 saturated carbocycles. The van der Waals surface area contributed by atoms with Gasteiger partial charge in [-0.1, -0.05) is 12.1 Å². The molecule has 182 valence electrons. The van der Waals surface area contributed by atoms with Crippen molar-refractivity contribution < 1.29 is 22.4 Å². The van der Waals surface area contributed by atoms with Gasteiger partial charge >= 0.3 is 6.18 Å². The van der Waals surface area contributed by atoms with Crippen LogP contribution >= 0.6 is 0 Å². The molecular formula is C25H28F4N4O. The number of fused-ring (bicyclic) bond motifs is 1. The van der Waals surface area contributed by atoms with E-state index >= 15 is 0 Å². The van der Waals surface area contributed by atoms with Crippen LogP contribution in [0.2, 0.25) is 0 Å². The van der Waals surface area contributed by atoms with Crippen molar-refractivity contribution in [3.05, 3.63) is 47.4 Å². The Morgan fingerprint density at radius 3 is 2.26 bits per heavy atom. The molecule has 4 bridgehead atoms. The Morgan fingerprint density at radius 1 is 1.06 bits per heavy atom. The Bertz CT molecular complexity index is 1060. The first-order valence-corrected chi connectivity index (χ1v) is 12.1. The highest BCUT2D eigenvalue weighted by Gasteiger charge is 2.51. The van der Waals surface area contributed by atoms with E-state index < -0.39 is 30.0 Å². The lowest BCUT2D eigenvalue weighted by atomic mass is 9.49. The van der Waals surface area contributed by atoms with Crippen LogP contribution in [0.25, 0.3) is 0 Å². The molecule has 0 saturated heterocycles. The van der Waals surface area contributed by atoms with Crippen molar-refractivity contribution in [2.45, 2.75) is 63.2 Å². The molecule has 5 nitrogen and oxygen atoms in total. The Kier molecular flexibility index (Phi) is 4.97. The van der Waals surface area contributed by atoms with Gasteiger partial charge in [0.25, 0.3) is 5.91 Å². The topological polar surface area (TPSA) is 59.0 Å². The lowest BCUT2D eigenvalue weighted by Gasteiger charge is -2.56.